The summed E-state index contributed by atoms with van der Waals surface area (Å²) in [7, 11) is 0. The van der Waals surface area contributed by atoms with Crippen molar-refractivity contribution in [1.29, 1.82) is 0 Å². The number of benzene rings is 1. The number of hydrogen-bond acceptors (Lipinski definition) is 0. The summed E-state index contributed by atoms with van der Waals surface area (Å²) in [4.78, 5) is 0. The summed E-state index contributed by atoms with van der Waals surface area (Å²) >= 11 is 19.4. The third-order valence-electron chi connectivity index (χ3n) is 1.26. The minimum absolute atomic E-state index is 0.467. The van der Waals surface area contributed by atoms with Crippen LogP contribution in [-0.2, 0) is 5.88 Å². The summed E-state index contributed by atoms with van der Waals surface area (Å²) in [5, 5.41) is 1.16. The first-order valence-corrected chi connectivity index (χ1v) is 5.22. The molecule has 60 valence electrons. The highest BCUT2D eigenvalue weighted by Crippen LogP contribution is 2.30. The Bertz CT molecular complexity index is 273. The largest absolute Gasteiger partial charge is 0.122 e. The standard InChI is InChI=1S/C7H4Cl3I/c8-3-4-1-2-5(9)6(10)7(4)11/h1-2H,3H2. The monoisotopic (exact) mass is 320 g/mol. The van der Waals surface area contributed by atoms with E-state index in [0.717, 1.165) is 9.13 Å². The van der Waals surface area contributed by atoms with Gasteiger partial charge in [-0.2, -0.15) is 0 Å². The second kappa shape index (κ2) is 4.17. The molecule has 0 amide bonds. The Labute approximate surface area is 94.0 Å². The van der Waals surface area contributed by atoms with E-state index in [9.17, 15) is 0 Å². The third kappa shape index (κ3) is 2.14. The Hall–Kier alpha value is 0.820. The molecule has 0 saturated heterocycles. The molecule has 0 atom stereocenters. The van der Waals surface area contributed by atoms with Gasteiger partial charge in [-0.15, -0.1) is 11.6 Å². The lowest BCUT2D eigenvalue weighted by Crippen LogP contribution is -1.85. The maximum Gasteiger partial charge on any atom is 0.0728 e. The maximum absolute atomic E-state index is 5.86. The van der Waals surface area contributed by atoms with Crippen LogP contribution in [0, 0.1) is 3.57 Å². The van der Waals surface area contributed by atoms with Gasteiger partial charge >= 0.3 is 0 Å². The van der Waals surface area contributed by atoms with E-state index in [1.54, 1.807) is 6.07 Å². The Morgan fingerprint density at radius 1 is 1.27 bits per heavy atom. The van der Waals surface area contributed by atoms with Gasteiger partial charge < -0.3 is 0 Å². The zero-order valence-electron chi connectivity index (χ0n) is 5.37. The minimum Gasteiger partial charge on any atom is -0.122 e. The van der Waals surface area contributed by atoms with Crippen LogP contribution < -0.4 is 0 Å². The molecule has 0 radical (unpaired) electrons. The van der Waals surface area contributed by atoms with Crippen molar-refractivity contribution >= 4 is 57.4 Å². The smallest absolute Gasteiger partial charge is 0.0728 e. The lowest BCUT2D eigenvalue weighted by molar-refractivity contribution is 1.37. The van der Waals surface area contributed by atoms with E-state index in [1.807, 2.05) is 6.07 Å². The van der Waals surface area contributed by atoms with Gasteiger partial charge in [0.05, 0.1) is 10.0 Å². The molecule has 0 spiro atoms. The molecule has 0 bridgehead atoms. The molecule has 0 aliphatic rings. The van der Waals surface area contributed by atoms with Crippen LogP contribution in [-0.4, -0.2) is 0 Å². The third-order valence-corrected chi connectivity index (χ3v) is 3.90. The molecule has 0 fully saturated rings. The molecule has 0 aliphatic heterocycles. The molecule has 0 nitrogen and oxygen atoms in total. The zero-order valence-corrected chi connectivity index (χ0v) is 9.80. The van der Waals surface area contributed by atoms with E-state index in [2.05, 4.69) is 22.6 Å². The summed E-state index contributed by atoms with van der Waals surface area (Å²) in [6.45, 7) is 0. The van der Waals surface area contributed by atoms with Crippen molar-refractivity contribution in [2.45, 2.75) is 5.88 Å². The van der Waals surface area contributed by atoms with Gasteiger partial charge in [-0.3, -0.25) is 0 Å². The maximum atomic E-state index is 5.86. The van der Waals surface area contributed by atoms with Gasteiger partial charge in [-0.05, 0) is 34.2 Å². The van der Waals surface area contributed by atoms with E-state index in [1.165, 1.54) is 0 Å². The molecular formula is C7H4Cl3I. The first-order valence-electron chi connectivity index (χ1n) is 2.85. The van der Waals surface area contributed by atoms with Crippen LogP contribution in [0.3, 0.4) is 0 Å². The lowest BCUT2D eigenvalue weighted by atomic mass is 10.2. The SMILES string of the molecule is ClCc1ccc(Cl)c(Cl)c1I. The summed E-state index contributed by atoms with van der Waals surface area (Å²) in [6, 6.07) is 3.63. The fraction of sp³-hybridized carbons (Fsp3) is 0.143. The summed E-state index contributed by atoms with van der Waals surface area (Å²) in [5.41, 5.74) is 1.02. The molecular weight excluding hydrogens is 317 g/mol. The van der Waals surface area contributed by atoms with Crippen LogP contribution in [0.25, 0.3) is 0 Å². The zero-order chi connectivity index (χ0) is 8.43. The second-order valence-corrected chi connectivity index (χ2v) is 4.10. The first kappa shape index (κ1) is 9.90. The first-order chi connectivity index (χ1) is 5.16. The average molecular weight is 321 g/mol. The highest BCUT2D eigenvalue weighted by atomic mass is 127. The number of hydrogen-bond donors (Lipinski definition) is 0. The average Bonchev–Trinajstić information content (AvgIpc) is 2.01. The van der Waals surface area contributed by atoms with Gasteiger partial charge in [-0.25, -0.2) is 0 Å². The Morgan fingerprint density at radius 2 is 1.91 bits per heavy atom. The molecule has 1 rings (SSSR count). The highest BCUT2D eigenvalue weighted by Gasteiger charge is 2.06. The Morgan fingerprint density at radius 3 is 2.45 bits per heavy atom. The predicted octanol–water partition coefficient (Wildman–Crippen LogP) is 4.34. The fourth-order valence-corrected chi connectivity index (χ4v) is 2.28. The van der Waals surface area contributed by atoms with E-state index in [-0.39, 0.29) is 0 Å². The minimum atomic E-state index is 0.467. The molecule has 0 aromatic heterocycles. The van der Waals surface area contributed by atoms with Crippen molar-refractivity contribution in [2.75, 3.05) is 0 Å². The van der Waals surface area contributed by atoms with Crippen LogP contribution >= 0.6 is 57.4 Å². The van der Waals surface area contributed by atoms with Gasteiger partial charge in [0.25, 0.3) is 0 Å². The van der Waals surface area contributed by atoms with Crippen LogP contribution in [0.5, 0.6) is 0 Å². The number of alkyl halides is 1. The van der Waals surface area contributed by atoms with Crippen molar-refractivity contribution in [2.24, 2.45) is 0 Å². The normalized spacial score (nSPS) is 10.2. The summed E-state index contributed by atoms with van der Waals surface area (Å²) in [6.07, 6.45) is 0. The summed E-state index contributed by atoms with van der Waals surface area (Å²) < 4.78 is 0.937. The van der Waals surface area contributed by atoms with Gasteiger partial charge in [0.2, 0.25) is 0 Å². The van der Waals surface area contributed by atoms with Gasteiger partial charge in [-0.1, -0.05) is 29.3 Å². The van der Waals surface area contributed by atoms with Crippen LogP contribution in [0.2, 0.25) is 10.0 Å². The van der Waals surface area contributed by atoms with Crippen LogP contribution in [0.4, 0.5) is 0 Å². The van der Waals surface area contributed by atoms with Crippen molar-refractivity contribution < 1.29 is 0 Å². The Kier molecular flexibility index (Phi) is 3.75. The summed E-state index contributed by atoms with van der Waals surface area (Å²) in [5.74, 6) is 0.467. The number of halogens is 4. The quantitative estimate of drug-likeness (QED) is 0.410. The van der Waals surface area contributed by atoms with Crippen LogP contribution in [0.15, 0.2) is 12.1 Å². The molecule has 4 heteroatoms. The van der Waals surface area contributed by atoms with E-state index in [4.69, 9.17) is 34.8 Å². The molecule has 0 aliphatic carbocycles. The molecule has 0 unspecified atom stereocenters. The van der Waals surface area contributed by atoms with E-state index < -0.39 is 0 Å². The van der Waals surface area contributed by atoms with Crippen molar-refractivity contribution in [3.63, 3.8) is 0 Å². The number of rotatable bonds is 1. The van der Waals surface area contributed by atoms with Gasteiger partial charge in [0.15, 0.2) is 0 Å². The Balaban J connectivity index is 3.25. The van der Waals surface area contributed by atoms with Gasteiger partial charge in [0, 0.05) is 9.45 Å². The van der Waals surface area contributed by atoms with Gasteiger partial charge in [0.1, 0.15) is 0 Å². The molecule has 0 N–H and O–H groups in total. The fourth-order valence-electron chi connectivity index (χ4n) is 0.669. The van der Waals surface area contributed by atoms with Crippen molar-refractivity contribution in [3.05, 3.63) is 31.3 Å². The molecule has 11 heavy (non-hydrogen) atoms. The van der Waals surface area contributed by atoms with E-state index in [0.29, 0.717) is 15.9 Å². The predicted molar refractivity (Wildman–Crippen MR) is 58.7 cm³/mol. The van der Waals surface area contributed by atoms with Crippen molar-refractivity contribution in [1.82, 2.24) is 0 Å². The molecule has 0 heterocycles. The molecule has 0 saturated carbocycles. The molecule has 1 aromatic carbocycles. The highest BCUT2D eigenvalue weighted by molar-refractivity contribution is 14.1. The van der Waals surface area contributed by atoms with Crippen LogP contribution in [0.1, 0.15) is 5.56 Å². The van der Waals surface area contributed by atoms with Crippen molar-refractivity contribution in [3.8, 4) is 0 Å². The topological polar surface area (TPSA) is 0 Å². The van der Waals surface area contributed by atoms with E-state index >= 15 is 0 Å². The second-order valence-electron chi connectivity index (χ2n) is 1.97. The lowest BCUT2D eigenvalue weighted by Gasteiger charge is -2.03. The molecule has 1 aromatic rings.